The molecule has 1 heterocycles. The maximum atomic E-state index is 13.6. The van der Waals surface area contributed by atoms with Gasteiger partial charge in [0.1, 0.15) is 0 Å². The number of para-hydroxylation sites is 1. The van der Waals surface area contributed by atoms with Crippen molar-refractivity contribution in [1.29, 1.82) is 0 Å². The molecule has 0 aliphatic carbocycles. The van der Waals surface area contributed by atoms with E-state index in [0.29, 0.717) is 51.3 Å². The van der Waals surface area contributed by atoms with Crippen molar-refractivity contribution in [3.8, 4) is 45.7 Å². The van der Waals surface area contributed by atoms with E-state index in [0.717, 1.165) is 4.57 Å². The standard InChI is InChI=1S/C29H28N2O7/c1-34-23-13-11-19(15-24(23)35-2)12-14-27(32)31-22(18-30(29(31)33)21-9-7-6-8-10-21)20-16-25(36-3)28(38-5)26(17-20)37-4/h6-18H,1-5H3/b14-12+. The highest BCUT2D eigenvalue weighted by Gasteiger charge is 2.22. The fraction of sp³-hybridized carbons (Fsp3) is 0.172. The molecule has 9 heteroatoms. The van der Waals surface area contributed by atoms with Crippen molar-refractivity contribution in [2.24, 2.45) is 0 Å². The van der Waals surface area contributed by atoms with Crippen LogP contribution in [0.1, 0.15) is 10.4 Å². The topological polar surface area (TPSA) is 90.2 Å². The molecule has 1 aromatic heterocycles. The maximum Gasteiger partial charge on any atom is 0.340 e. The average molecular weight is 517 g/mol. The van der Waals surface area contributed by atoms with Gasteiger partial charge in [0.15, 0.2) is 23.0 Å². The molecule has 4 aromatic rings. The van der Waals surface area contributed by atoms with E-state index in [1.807, 2.05) is 18.2 Å². The van der Waals surface area contributed by atoms with Crippen LogP contribution in [-0.2, 0) is 0 Å². The predicted molar refractivity (Wildman–Crippen MR) is 144 cm³/mol. The van der Waals surface area contributed by atoms with E-state index in [1.54, 1.807) is 61.8 Å². The van der Waals surface area contributed by atoms with Gasteiger partial charge in [-0.05, 0) is 48.0 Å². The molecule has 9 nitrogen and oxygen atoms in total. The van der Waals surface area contributed by atoms with Gasteiger partial charge < -0.3 is 23.7 Å². The molecule has 0 amide bonds. The van der Waals surface area contributed by atoms with Crippen LogP contribution in [0.15, 0.2) is 77.7 Å². The summed E-state index contributed by atoms with van der Waals surface area (Å²) in [5, 5.41) is 0. The van der Waals surface area contributed by atoms with E-state index in [2.05, 4.69) is 0 Å². The summed E-state index contributed by atoms with van der Waals surface area (Å²) in [6, 6.07) is 17.7. The van der Waals surface area contributed by atoms with E-state index < -0.39 is 11.6 Å². The Hall–Kier alpha value is -4.92. The van der Waals surface area contributed by atoms with Gasteiger partial charge in [-0.25, -0.2) is 9.36 Å². The first-order valence-corrected chi connectivity index (χ1v) is 11.6. The van der Waals surface area contributed by atoms with Crippen molar-refractivity contribution in [2.75, 3.05) is 35.5 Å². The zero-order valence-electron chi connectivity index (χ0n) is 21.8. The van der Waals surface area contributed by atoms with E-state index >= 15 is 0 Å². The summed E-state index contributed by atoms with van der Waals surface area (Å²) in [5.41, 5.74) is 1.66. The highest BCUT2D eigenvalue weighted by Crippen LogP contribution is 2.41. The van der Waals surface area contributed by atoms with Crippen molar-refractivity contribution in [3.63, 3.8) is 0 Å². The van der Waals surface area contributed by atoms with Gasteiger partial charge in [-0.2, -0.15) is 0 Å². The minimum absolute atomic E-state index is 0.347. The van der Waals surface area contributed by atoms with Gasteiger partial charge in [-0.1, -0.05) is 24.3 Å². The monoisotopic (exact) mass is 516 g/mol. The second-order valence-corrected chi connectivity index (χ2v) is 8.04. The largest absolute Gasteiger partial charge is 0.493 e. The number of carbonyl (C=O) groups is 1. The van der Waals surface area contributed by atoms with Crippen molar-refractivity contribution < 1.29 is 28.5 Å². The lowest BCUT2D eigenvalue weighted by Gasteiger charge is -2.14. The lowest BCUT2D eigenvalue weighted by atomic mass is 10.1. The number of nitrogens with zero attached hydrogens (tertiary/aromatic N) is 2. The molecule has 0 fully saturated rings. The molecule has 0 N–H and O–H groups in total. The Bertz CT molecular complexity index is 1510. The molecule has 0 saturated carbocycles. The third-order valence-corrected chi connectivity index (χ3v) is 5.93. The molecule has 4 rings (SSSR count). The van der Waals surface area contributed by atoms with Gasteiger partial charge in [0.05, 0.1) is 46.9 Å². The summed E-state index contributed by atoms with van der Waals surface area (Å²) in [4.78, 5) is 27.1. The lowest BCUT2D eigenvalue weighted by Crippen LogP contribution is -2.27. The average Bonchev–Trinajstić information content (AvgIpc) is 3.32. The summed E-state index contributed by atoms with van der Waals surface area (Å²) in [6.07, 6.45) is 4.55. The molecule has 38 heavy (non-hydrogen) atoms. The summed E-state index contributed by atoms with van der Waals surface area (Å²) < 4.78 is 29.5. The van der Waals surface area contributed by atoms with Gasteiger partial charge >= 0.3 is 5.69 Å². The van der Waals surface area contributed by atoms with Crippen molar-refractivity contribution in [3.05, 3.63) is 89.0 Å². The summed E-state index contributed by atoms with van der Waals surface area (Å²) in [5.74, 6) is 1.73. The molecule has 0 radical (unpaired) electrons. The summed E-state index contributed by atoms with van der Waals surface area (Å²) >= 11 is 0. The number of benzene rings is 3. The fourth-order valence-electron chi connectivity index (χ4n) is 4.06. The maximum absolute atomic E-state index is 13.6. The van der Waals surface area contributed by atoms with Crippen LogP contribution < -0.4 is 29.4 Å². The second-order valence-electron chi connectivity index (χ2n) is 8.04. The molecule has 0 saturated heterocycles. The first-order chi connectivity index (χ1) is 18.4. The Morgan fingerprint density at radius 2 is 1.37 bits per heavy atom. The number of carbonyl (C=O) groups excluding carboxylic acids is 1. The molecule has 0 aliphatic heterocycles. The van der Waals surface area contributed by atoms with E-state index in [1.165, 1.54) is 39.1 Å². The molecule has 0 atom stereocenters. The zero-order valence-corrected chi connectivity index (χ0v) is 21.8. The first kappa shape index (κ1) is 26.2. The Kier molecular flexibility index (Phi) is 7.86. The van der Waals surface area contributed by atoms with Gasteiger partial charge in [0.25, 0.3) is 5.91 Å². The number of imidazole rings is 1. The van der Waals surface area contributed by atoms with Crippen LogP contribution >= 0.6 is 0 Å². The van der Waals surface area contributed by atoms with Crippen LogP contribution in [0.5, 0.6) is 28.7 Å². The van der Waals surface area contributed by atoms with Crippen LogP contribution in [0, 0.1) is 0 Å². The normalized spacial score (nSPS) is 10.9. The predicted octanol–water partition coefficient (Wildman–Crippen LogP) is 4.70. The SMILES string of the molecule is COc1ccc(/C=C/C(=O)n2c(-c3cc(OC)c(OC)c(OC)c3)cn(-c3ccccc3)c2=O)cc1OC. The molecule has 0 aliphatic rings. The fourth-order valence-corrected chi connectivity index (χ4v) is 4.06. The van der Waals surface area contributed by atoms with Gasteiger partial charge in [0, 0.05) is 17.8 Å². The number of aromatic nitrogens is 2. The third-order valence-electron chi connectivity index (χ3n) is 5.93. The minimum atomic E-state index is -0.539. The summed E-state index contributed by atoms with van der Waals surface area (Å²) in [7, 11) is 7.59. The van der Waals surface area contributed by atoms with Crippen LogP contribution in [0.2, 0.25) is 0 Å². The van der Waals surface area contributed by atoms with Gasteiger partial charge in [0.2, 0.25) is 5.75 Å². The number of allylic oxidation sites excluding steroid dienone is 1. The molecular weight excluding hydrogens is 488 g/mol. The second kappa shape index (κ2) is 11.4. The zero-order chi connectivity index (χ0) is 27.2. The van der Waals surface area contributed by atoms with Crippen LogP contribution in [0.3, 0.4) is 0 Å². The highest BCUT2D eigenvalue weighted by molar-refractivity contribution is 5.96. The van der Waals surface area contributed by atoms with Crippen LogP contribution in [-0.4, -0.2) is 50.6 Å². The number of methoxy groups -OCH3 is 5. The Labute approximate surface area is 220 Å². The van der Waals surface area contributed by atoms with E-state index in [9.17, 15) is 9.59 Å². The number of hydrogen-bond acceptors (Lipinski definition) is 7. The number of ether oxygens (including phenoxy) is 5. The van der Waals surface area contributed by atoms with E-state index in [-0.39, 0.29) is 0 Å². The van der Waals surface area contributed by atoms with Gasteiger partial charge in [-0.3, -0.25) is 9.36 Å². The number of hydrogen-bond donors (Lipinski definition) is 0. The number of rotatable bonds is 9. The van der Waals surface area contributed by atoms with Crippen molar-refractivity contribution in [2.45, 2.75) is 0 Å². The van der Waals surface area contributed by atoms with Crippen molar-refractivity contribution in [1.82, 2.24) is 9.13 Å². The quantitative estimate of drug-likeness (QED) is 0.298. The Morgan fingerprint density at radius 3 is 1.95 bits per heavy atom. The van der Waals surface area contributed by atoms with Crippen molar-refractivity contribution >= 4 is 12.0 Å². The Balaban J connectivity index is 1.86. The molecule has 196 valence electrons. The molecule has 0 bridgehead atoms. The summed E-state index contributed by atoms with van der Waals surface area (Å²) in [6.45, 7) is 0. The van der Waals surface area contributed by atoms with Crippen LogP contribution in [0.25, 0.3) is 23.0 Å². The first-order valence-electron chi connectivity index (χ1n) is 11.6. The molecule has 3 aromatic carbocycles. The molecule has 0 spiro atoms. The van der Waals surface area contributed by atoms with Gasteiger partial charge in [-0.15, -0.1) is 0 Å². The molecule has 0 unspecified atom stereocenters. The van der Waals surface area contributed by atoms with E-state index in [4.69, 9.17) is 23.7 Å². The lowest BCUT2D eigenvalue weighted by molar-refractivity contribution is 0.0967. The Morgan fingerprint density at radius 1 is 0.737 bits per heavy atom. The smallest absolute Gasteiger partial charge is 0.340 e. The molecular formula is C29H28N2O7. The highest BCUT2D eigenvalue weighted by atomic mass is 16.5. The third kappa shape index (κ3) is 4.99. The van der Waals surface area contributed by atoms with Crippen LogP contribution in [0.4, 0.5) is 0 Å². The minimum Gasteiger partial charge on any atom is -0.493 e.